The van der Waals surface area contributed by atoms with Crippen LogP contribution in [0.3, 0.4) is 0 Å². The highest BCUT2D eigenvalue weighted by Crippen LogP contribution is 2.33. The van der Waals surface area contributed by atoms with E-state index in [0.29, 0.717) is 11.2 Å². The molecule has 1 N–H and O–H groups in total. The van der Waals surface area contributed by atoms with Crippen molar-refractivity contribution < 1.29 is 13.6 Å². The molecule has 1 amide bonds. The standard InChI is InChI=1S/C15H18BrF2NO/c1-10-2-4-15(9-16,5-3-10)19-14(20)11-6-12(17)8-13(18)7-11/h6-8,10H,2-5,9H2,1H3,(H,19,20). The Morgan fingerprint density at radius 3 is 2.35 bits per heavy atom. The van der Waals surface area contributed by atoms with Crippen LogP contribution in [0.15, 0.2) is 18.2 Å². The topological polar surface area (TPSA) is 29.1 Å². The highest BCUT2D eigenvalue weighted by atomic mass is 79.9. The van der Waals surface area contributed by atoms with Crippen molar-refractivity contribution >= 4 is 21.8 Å². The third-order valence-corrected chi connectivity index (χ3v) is 5.06. The van der Waals surface area contributed by atoms with E-state index in [1.54, 1.807) is 0 Å². The number of carbonyl (C=O) groups excluding carboxylic acids is 1. The molecule has 1 aliphatic carbocycles. The fourth-order valence-corrected chi connectivity index (χ4v) is 3.31. The molecule has 0 radical (unpaired) electrons. The van der Waals surface area contributed by atoms with Crippen LogP contribution in [0.1, 0.15) is 43.0 Å². The molecule has 1 aliphatic rings. The van der Waals surface area contributed by atoms with Gasteiger partial charge in [-0.15, -0.1) is 0 Å². The van der Waals surface area contributed by atoms with Crippen LogP contribution in [-0.4, -0.2) is 16.8 Å². The van der Waals surface area contributed by atoms with Gasteiger partial charge in [0.1, 0.15) is 11.6 Å². The van der Waals surface area contributed by atoms with E-state index >= 15 is 0 Å². The molecule has 2 rings (SSSR count). The normalized spacial score (nSPS) is 26.3. The van der Waals surface area contributed by atoms with Crippen molar-refractivity contribution in [3.8, 4) is 0 Å². The Morgan fingerprint density at radius 2 is 1.85 bits per heavy atom. The van der Waals surface area contributed by atoms with Crippen molar-refractivity contribution in [3.63, 3.8) is 0 Å². The van der Waals surface area contributed by atoms with Crippen LogP contribution in [-0.2, 0) is 0 Å². The second-order valence-electron chi connectivity index (χ2n) is 5.71. The quantitative estimate of drug-likeness (QED) is 0.823. The molecule has 110 valence electrons. The average Bonchev–Trinajstić information content (AvgIpc) is 2.40. The van der Waals surface area contributed by atoms with Crippen LogP contribution in [0.4, 0.5) is 8.78 Å². The lowest BCUT2D eigenvalue weighted by Gasteiger charge is -2.39. The average molecular weight is 346 g/mol. The summed E-state index contributed by atoms with van der Waals surface area (Å²) >= 11 is 3.46. The third kappa shape index (κ3) is 3.57. The predicted molar refractivity (Wildman–Crippen MR) is 78.0 cm³/mol. The molecule has 1 aromatic rings. The minimum atomic E-state index is -0.736. The zero-order chi connectivity index (χ0) is 14.8. The minimum absolute atomic E-state index is 0.0291. The first-order valence-electron chi connectivity index (χ1n) is 6.79. The van der Waals surface area contributed by atoms with E-state index in [4.69, 9.17) is 0 Å². The van der Waals surface area contributed by atoms with Gasteiger partial charge in [-0.05, 0) is 43.7 Å². The van der Waals surface area contributed by atoms with Gasteiger partial charge in [0.25, 0.3) is 5.91 Å². The Morgan fingerprint density at radius 1 is 1.30 bits per heavy atom. The zero-order valence-electron chi connectivity index (χ0n) is 11.4. The van der Waals surface area contributed by atoms with Crippen LogP contribution in [0.25, 0.3) is 0 Å². The molecule has 0 bridgehead atoms. The molecular formula is C15H18BrF2NO. The molecule has 1 aromatic carbocycles. The van der Waals surface area contributed by atoms with Gasteiger partial charge in [0.15, 0.2) is 0 Å². The number of halogens is 3. The SMILES string of the molecule is CC1CCC(CBr)(NC(=O)c2cc(F)cc(F)c2)CC1. The second kappa shape index (κ2) is 6.20. The van der Waals surface area contributed by atoms with Gasteiger partial charge < -0.3 is 5.32 Å². The second-order valence-corrected chi connectivity index (χ2v) is 6.27. The van der Waals surface area contributed by atoms with Crippen molar-refractivity contribution in [2.24, 2.45) is 5.92 Å². The highest BCUT2D eigenvalue weighted by Gasteiger charge is 2.34. The molecule has 20 heavy (non-hydrogen) atoms. The Labute approximate surface area is 126 Å². The first-order chi connectivity index (χ1) is 9.44. The van der Waals surface area contributed by atoms with Crippen molar-refractivity contribution in [2.45, 2.75) is 38.1 Å². The Hall–Kier alpha value is -0.970. The molecule has 2 nitrogen and oxygen atoms in total. The first-order valence-corrected chi connectivity index (χ1v) is 7.91. The number of amides is 1. The Bertz CT molecular complexity index is 478. The van der Waals surface area contributed by atoms with E-state index in [1.807, 2.05) is 0 Å². The number of carbonyl (C=O) groups is 1. The molecule has 0 spiro atoms. The summed E-state index contributed by atoms with van der Waals surface area (Å²) in [4.78, 5) is 12.2. The lowest BCUT2D eigenvalue weighted by atomic mass is 9.78. The Balaban J connectivity index is 2.13. The molecular weight excluding hydrogens is 328 g/mol. The maximum atomic E-state index is 13.2. The molecule has 1 fully saturated rings. The largest absolute Gasteiger partial charge is 0.346 e. The third-order valence-electron chi connectivity index (χ3n) is 3.99. The van der Waals surface area contributed by atoms with E-state index in [0.717, 1.165) is 43.9 Å². The van der Waals surface area contributed by atoms with Crippen molar-refractivity contribution in [2.75, 3.05) is 5.33 Å². The molecule has 0 heterocycles. The summed E-state index contributed by atoms with van der Waals surface area (Å²) < 4.78 is 26.3. The van der Waals surface area contributed by atoms with Crippen molar-refractivity contribution in [1.82, 2.24) is 5.32 Å². The molecule has 0 aliphatic heterocycles. The summed E-state index contributed by atoms with van der Waals surface area (Å²) in [6.07, 6.45) is 3.85. The van der Waals surface area contributed by atoms with E-state index in [9.17, 15) is 13.6 Å². The van der Waals surface area contributed by atoms with E-state index < -0.39 is 17.5 Å². The summed E-state index contributed by atoms with van der Waals surface area (Å²) in [5, 5.41) is 3.60. The van der Waals surface area contributed by atoms with Gasteiger partial charge >= 0.3 is 0 Å². The Kier molecular flexibility index (Phi) is 4.78. The fourth-order valence-electron chi connectivity index (χ4n) is 2.60. The van der Waals surface area contributed by atoms with E-state index in [2.05, 4.69) is 28.2 Å². The maximum absolute atomic E-state index is 13.2. The van der Waals surface area contributed by atoms with Gasteiger partial charge in [-0.3, -0.25) is 4.79 Å². The van der Waals surface area contributed by atoms with Gasteiger partial charge in [0.2, 0.25) is 0 Å². The smallest absolute Gasteiger partial charge is 0.251 e. The van der Waals surface area contributed by atoms with Gasteiger partial charge in [-0.25, -0.2) is 8.78 Å². The maximum Gasteiger partial charge on any atom is 0.251 e. The van der Waals surface area contributed by atoms with E-state index in [1.165, 1.54) is 0 Å². The van der Waals surface area contributed by atoms with E-state index in [-0.39, 0.29) is 11.1 Å². The number of benzene rings is 1. The summed E-state index contributed by atoms with van der Waals surface area (Å²) in [7, 11) is 0. The fraction of sp³-hybridized carbons (Fsp3) is 0.533. The minimum Gasteiger partial charge on any atom is -0.346 e. The summed E-state index contributed by atoms with van der Waals surface area (Å²) in [6, 6.07) is 2.89. The molecule has 1 saturated carbocycles. The highest BCUT2D eigenvalue weighted by molar-refractivity contribution is 9.09. The first kappa shape index (κ1) is 15.4. The molecule has 0 aromatic heterocycles. The van der Waals surface area contributed by atoms with Crippen LogP contribution < -0.4 is 5.32 Å². The van der Waals surface area contributed by atoms with Crippen LogP contribution >= 0.6 is 15.9 Å². The number of alkyl halides is 1. The number of hydrogen-bond acceptors (Lipinski definition) is 1. The number of rotatable bonds is 3. The van der Waals surface area contributed by atoms with Crippen molar-refractivity contribution in [3.05, 3.63) is 35.4 Å². The number of hydrogen-bond donors (Lipinski definition) is 1. The van der Waals surface area contributed by atoms with Gasteiger partial charge in [-0.2, -0.15) is 0 Å². The number of nitrogens with one attached hydrogen (secondary N) is 1. The van der Waals surface area contributed by atoms with Gasteiger partial charge in [0.05, 0.1) is 5.54 Å². The summed E-state index contributed by atoms with van der Waals surface area (Å²) in [5.74, 6) is -1.23. The molecule has 0 saturated heterocycles. The summed E-state index contributed by atoms with van der Waals surface area (Å²) in [6.45, 7) is 2.20. The lowest BCUT2D eigenvalue weighted by Crippen LogP contribution is -2.52. The molecule has 5 heteroatoms. The van der Waals surface area contributed by atoms with Gasteiger partial charge in [0, 0.05) is 17.0 Å². The van der Waals surface area contributed by atoms with Crippen molar-refractivity contribution in [1.29, 1.82) is 0 Å². The molecule has 0 unspecified atom stereocenters. The zero-order valence-corrected chi connectivity index (χ0v) is 13.0. The van der Waals surface area contributed by atoms with Gasteiger partial charge in [-0.1, -0.05) is 22.9 Å². The predicted octanol–water partition coefficient (Wildman–Crippen LogP) is 4.04. The summed E-state index contributed by atoms with van der Waals surface area (Å²) in [5.41, 5.74) is -0.284. The lowest BCUT2D eigenvalue weighted by molar-refractivity contribution is 0.0873. The van der Waals surface area contributed by atoms with Crippen LogP contribution in [0, 0.1) is 17.6 Å². The van der Waals surface area contributed by atoms with Crippen LogP contribution in [0.5, 0.6) is 0 Å². The monoisotopic (exact) mass is 345 g/mol. The molecule has 0 atom stereocenters. The van der Waals surface area contributed by atoms with Crippen LogP contribution in [0.2, 0.25) is 0 Å².